The average Bonchev–Trinajstić information content (AvgIpc) is 2.51. The Kier molecular flexibility index (Phi) is 3.72. The molecule has 0 heterocycles. The predicted octanol–water partition coefficient (Wildman–Crippen LogP) is 1.99. The van der Waals surface area contributed by atoms with E-state index in [2.05, 4.69) is 23.0 Å². The number of hydrogen-bond acceptors (Lipinski definition) is 2. The van der Waals surface area contributed by atoms with Crippen LogP contribution in [0.15, 0.2) is 18.2 Å². The van der Waals surface area contributed by atoms with Crippen molar-refractivity contribution in [2.24, 2.45) is 5.90 Å². The Hall–Kier alpha value is -0.570. The fraction of sp³-hybridized carbons (Fsp3) is 0.400. The minimum Gasteiger partial charge on any atom is -0.300 e. The molecule has 2 rings (SSSR count). The van der Waals surface area contributed by atoms with Gasteiger partial charge in [0, 0.05) is 0 Å². The molecule has 0 saturated carbocycles. The number of nitrogens with two attached hydrogens (primary N) is 1. The second-order valence-corrected chi connectivity index (χ2v) is 3.27. The van der Waals surface area contributed by atoms with Gasteiger partial charge in [0.05, 0.1) is 6.61 Å². The van der Waals surface area contributed by atoms with Gasteiger partial charge in [0.25, 0.3) is 0 Å². The molecule has 13 heavy (non-hydrogen) atoms. The van der Waals surface area contributed by atoms with Crippen LogP contribution in [-0.2, 0) is 24.3 Å². The van der Waals surface area contributed by atoms with E-state index in [0.29, 0.717) is 6.61 Å². The predicted molar refractivity (Wildman–Crippen MR) is 54.7 cm³/mol. The van der Waals surface area contributed by atoms with Gasteiger partial charge >= 0.3 is 0 Å². The van der Waals surface area contributed by atoms with E-state index in [0.717, 1.165) is 0 Å². The standard InChI is InChI=1S/C10H13NO.ClH/c11-12-7-8-4-5-9-2-1-3-10(9)6-8;/h4-6H,1-3,7,11H2;1H. The maximum Gasteiger partial charge on any atom is 0.0930 e. The Balaban J connectivity index is 0.000000845. The summed E-state index contributed by atoms with van der Waals surface area (Å²) < 4.78 is 0. The monoisotopic (exact) mass is 199 g/mol. The zero-order valence-corrected chi connectivity index (χ0v) is 8.27. The summed E-state index contributed by atoms with van der Waals surface area (Å²) in [5.74, 6) is 5.01. The second-order valence-electron chi connectivity index (χ2n) is 3.27. The summed E-state index contributed by atoms with van der Waals surface area (Å²) in [5, 5.41) is 0. The number of fused-ring (bicyclic) bond motifs is 1. The van der Waals surface area contributed by atoms with Crippen LogP contribution >= 0.6 is 12.4 Å². The van der Waals surface area contributed by atoms with Gasteiger partial charge in [0.2, 0.25) is 0 Å². The Labute approximate surface area is 84.4 Å². The molecule has 0 aromatic heterocycles. The van der Waals surface area contributed by atoms with E-state index < -0.39 is 0 Å². The SMILES string of the molecule is Cl.NOCc1ccc2c(c1)CCC2. The summed E-state index contributed by atoms with van der Waals surface area (Å²) in [6, 6.07) is 6.49. The lowest BCUT2D eigenvalue weighted by Crippen LogP contribution is -1.99. The molecular formula is C10H14ClNO. The van der Waals surface area contributed by atoms with Crippen molar-refractivity contribution >= 4 is 12.4 Å². The van der Waals surface area contributed by atoms with E-state index in [9.17, 15) is 0 Å². The molecule has 0 unspecified atom stereocenters. The Morgan fingerprint density at radius 3 is 2.77 bits per heavy atom. The molecule has 2 N–H and O–H groups in total. The highest BCUT2D eigenvalue weighted by atomic mass is 35.5. The first-order valence-corrected chi connectivity index (χ1v) is 4.32. The number of halogens is 1. The molecular weight excluding hydrogens is 186 g/mol. The third kappa shape index (κ3) is 2.21. The molecule has 0 fully saturated rings. The number of rotatable bonds is 2. The summed E-state index contributed by atoms with van der Waals surface area (Å²) in [5.41, 5.74) is 4.15. The minimum atomic E-state index is 0. The van der Waals surface area contributed by atoms with Gasteiger partial charge in [0.1, 0.15) is 0 Å². The van der Waals surface area contributed by atoms with Crippen LogP contribution in [0.1, 0.15) is 23.1 Å². The first kappa shape index (κ1) is 10.5. The molecule has 0 spiro atoms. The summed E-state index contributed by atoms with van der Waals surface area (Å²) in [6.07, 6.45) is 3.75. The Morgan fingerprint density at radius 1 is 1.23 bits per heavy atom. The fourth-order valence-corrected chi connectivity index (χ4v) is 1.81. The topological polar surface area (TPSA) is 35.2 Å². The van der Waals surface area contributed by atoms with Crippen LogP contribution < -0.4 is 5.90 Å². The summed E-state index contributed by atoms with van der Waals surface area (Å²) in [6.45, 7) is 0.521. The van der Waals surface area contributed by atoms with Gasteiger partial charge in [-0.15, -0.1) is 12.4 Å². The van der Waals surface area contributed by atoms with E-state index >= 15 is 0 Å². The third-order valence-corrected chi connectivity index (χ3v) is 2.41. The summed E-state index contributed by atoms with van der Waals surface area (Å²) >= 11 is 0. The summed E-state index contributed by atoms with van der Waals surface area (Å²) in [4.78, 5) is 4.59. The number of aryl methyl sites for hydroxylation is 2. The van der Waals surface area contributed by atoms with Gasteiger partial charge in [-0.1, -0.05) is 18.2 Å². The quantitative estimate of drug-likeness (QED) is 0.740. The molecule has 0 saturated heterocycles. The second kappa shape index (κ2) is 4.61. The van der Waals surface area contributed by atoms with Crippen LogP contribution in [0.5, 0.6) is 0 Å². The van der Waals surface area contributed by atoms with Crippen LogP contribution in [-0.4, -0.2) is 0 Å². The lowest BCUT2D eigenvalue weighted by molar-refractivity contribution is 0.124. The zero-order valence-electron chi connectivity index (χ0n) is 7.45. The van der Waals surface area contributed by atoms with Crippen LogP contribution in [0.2, 0.25) is 0 Å². The highest BCUT2D eigenvalue weighted by molar-refractivity contribution is 5.85. The van der Waals surface area contributed by atoms with Crippen molar-refractivity contribution < 1.29 is 4.84 Å². The van der Waals surface area contributed by atoms with Crippen molar-refractivity contribution in [3.05, 3.63) is 34.9 Å². The largest absolute Gasteiger partial charge is 0.300 e. The van der Waals surface area contributed by atoms with Crippen LogP contribution in [0.4, 0.5) is 0 Å². The normalized spacial score (nSPS) is 13.6. The van der Waals surface area contributed by atoms with Crippen molar-refractivity contribution in [1.82, 2.24) is 0 Å². The molecule has 1 aliphatic carbocycles. The van der Waals surface area contributed by atoms with Crippen LogP contribution in [0.3, 0.4) is 0 Å². The number of hydrogen-bond donors (Lipinski definition) is 1. The average molecular weight is 200 g/mol. The van der Waals surface area contributed by atoms with Crippen molar-refractivity contribution in [3.8, 4) is 0 Å². The van der Waals surface area contributed by atoms with Gasteiger partial charge in [-0.2, -0.15) is 0 Å². The highest BCUT2D eigenvalue weighted by Gasteiger charge is 2.10. The first-order valence-electron chi connectivity index (χ1n) is 4.32. The van der Waals surface area contributed by atoms with Crippen molar-refractivity contribution in [3.63, 3.8) is 0 Å². The number of benzene rings is 1. The lowest BCUT2D eigenvalue weighted by atomic mass is 10.1. The first-order chi connectivity index (χ1) is 5.90. The molecule has 1 aromatic carbocycles. The van der Waals surface area contributed by atoms with Gasteiger partial charge in [0.15, 0.2) is 0 Å². The van der Waals surface area contributed by atoms with E-state index in [-0.39, 0.29) is 12.4 Å². The van der Waals surface area contributed by atoms with Crippen molar-refractivity contribution in [1.29, 1.82) is 0 Å². The molecule has 0 bridgehead atoms. The molecule has 1 aromatic rings. The Bertz CT molecular complexity index is 288. The van der Waals surface area contributed by atoms with Gasteiger partial charge in [-0.05, 0) is 36.0 Å². The molecule has 0 atom stereocenters. The van der Waals surface area contributed by atoms with Crippen molar-refractivity contribution in [2.45, 2.75) is 25.9 Å². The van der Waals surface area contributed by atoms with E-state index in [4.69, 9.17) is 5.90 Å². The zero-order chi connectivity index (χ0) is 8.39. The molecule has 1 aliphatic rings. The maximum atomic E-state index is 5.01. The maximum absolute atomic E-state index is 5.01. The molecule has 0 radical (unpaired) electrons. The third-order valence-electron chi connectivity index (χ3n) is 2.41. The van der Waals surface area contributed by atoms with Gasteiger partial charge in [-0.25, -0.2) is 5.90 Å². The Morgan fingerprint density at radius 2 is 2.00 bits per heavy atom. The van der Waals surface area contributed by atoms with E-state index in [1.54, 1.807) is 0 Å². The molecule has 0 amide bonds. The molecule has 0 aliphatic heterocycles. The molecule has 72 valence electrons. The van der Waals surface area contributed by atoms with Gasteiger partial charge in [-0.3, -0.25) is 4.84 Å². The highest BCUT2D eigenvalue weighted by Crippen LogP contribution is 2.22. The van der Waals surface area contributed by atoms with Crippen LogP contribution in [0.25, 0.3) is 0 Å². The lowest BCUT2D eigenvalue weighted by Gasteiger charge is -2.02. The van der Waals surface area contributed by atoms with Crippen LogP contribution in [0, 0.1) is 0 Å². The van der Waals surface area contributed by atoms with E-state index in [1.165, 1.54) is 36.0 Å². The molecule has 3 heteroatoms. The fourth-order valence-electron chi connectivity index (χ4n) is 1.81. The van der Waals surface area contributed by atoms with Crippen molar-refractivity contribution in [2.75, 3.05) is 0 Å². The van der Waals surface area contributed by atoms with E-state index in [1.807, 2.05) is 0 Å². The minimum absolute atomic E-state index is 0. The van der Waals surface area contributed by atoms with Gasteiger partial charge < -0.3 is 0 Å². The summed E-state index contributed by atoms with van der Waals surface area (Å²) in [7, 11) is 0. The molecule has 2 nitrogen and oxygen atoms in total. The smallest absolute Gasteiger partial charge is 0.0930 e.